The highest BCUT2D eigenvalue weighted by Crippen LogP contribution is 2.21. The van der Waals surface area contributed by atoms with Gasteiger partial charge in [0.05, 0.1) is 10.6 Å². The third-order valence-corrected chi connectivity index (χ3v) is 1.86. The van der Waals surface area contributed by atoms with Gasteiger partial charge in [0.25, 0.3) is 5.69 Å². The Bertz CT molecular complexity index is 480. The van der Waals surface area contributed by atoms with E-state index < -0.39 is 16.6 Å². The van der Waals surface area contributed by atoms with Gasteiger partial charge in [-0.2, -0.15) is 5.11 Å². The van der Waals surface area contributed by atoms with Gasteiger partial charge in [-0.15, -0.1) is 5.11 Å². The van der Waals surface area contributed by atoms with Crippen molar-refractivity contribution in [2.75, 3.05) is 0 Å². The number of nitro benzene ring substituents is 1. The molecule has 7 nitrogen and oxygen atoms in total. The fraction of sp³-hybridized carbons (Fsp3) is 0.364. The molecule has 18 heavy (non-hydrogen) atoms. The molecule has 0 heterocycles. The number of carbonyl (C=O) groups excluding carboxylic acids is 1. The number of carbonyl (C=O) groups is 1. The molecular weight excluding hydrogens is 238 g/mol. The van der Waals surface area contributed by atoms with Gasteiger partial charge in [-0.25, -0.2) is 0 Å². The summed E-state index contributed by atoms with van der Waals surface area (Å²) in [5.74, 6) is -0.456. The summed E-state index contributed by atoms with van der Waals surface area (Å²) in [6.45, 7) is 4.45. The van der Waals surface area contributed by atoms with Crippen LogP contribution in [-0.2, 0) is 9.53 Å². The number of azo groups is 1. The normalized spacial score (nSPS) is 11.5. The molecule has 0 saturated carbocycles. The minimum atomic E-state index is -1.06. The van der Waals surface area contributed by atoms with Gasteiger partial charge in [0.1, 0.15) is 0 Å². The zero-order valence-electron chi connectivity index (χ0n) is 10.3. The molecule has 0 aliphatic rings. The molecule has 0 fully saturated rings. The van der Waals surface area contributed by atoms with Gasteiger partial charge >= 0.3 is 5.97 Å². The van der Waals surface area contributed by atoms with E-state index in [9.17, 15) is 14.9 Å². The summed E-state index contributed by atoms with van der Waals surface area (Å²) in [7, 11) is 0. The lowest BCUT2D eigenvalue weighted by molar-refractivity contribution is -0.384. The Balaban J connectivity index is 2.78. The zero-order valence-corrected chi connectivity index (χ0v) is 10.3. The Morgan fingerprint density at radius 3 is 2.33 bits per heavy atom. The van der Waals surface area contributed by atoms with Crippen molar-refractivity contribution in [2.24, 2.45) is 10.2 Å². The number of nitro groups is 1. The molecule has 7 heteroatoms. The third kappa shape index (κ3) is 4.28. The summed E-state index contributed by atoms with van der Waals surface area (Å²) >= 11 is 0. The largest absolute Gasteiger partial charge is 0.436 e. The molecular formula is C11H13N3O4. The molecule has 0 atom stereocenters. The van der Waals surface area contributed by atoms with E-state index in [1.165, 1.54) is 31.2 Å². The summed E-state index contributed by atoms with van der Waals surface area (Å²) < 4.78 is 4.91. The minimum Gasteiger partial charge on any atom is -0.436 e. The van der Waals surface area contributed by atoms with E-state index in [-0.39, 0.29) is 5.69 Å². The highest BCUT2D eigenvalue weighted by atomic mass is 16.6. The van der Waals surface area contributed by atoms with E-state index in [1.807, 2.05) is 0 Å². The predicted octanol–water partition coefficient (Wildman–Crippen LogP) is 2.98. The summed E-state index contributed by atoms with van der Waals surface area (Å²) in [5, 5.41) is 18.2. The number of nitrogens with zero attached hydrogens (tertiary/aromatic N) is 3. The second-order valence-corrected chi connectivity index (χ2v) is 4.01. The van der Waals surface area contributed by atoms with Gasteiger partial charge in [-0.3, -0.25) is 14.9 Å². The first-order valence-corrected chi connectivity index (χ1v) is 5.17. The number of hydrogen-bond acceptors (Lipinski definition) is 6. The Morgan fingerprint density at radius 1 is 1.33 bits per heavy atom. The Labute approximate surface area is 104 Å². The maximum absolute atomic E-state index is 10.8. The van der Waals surface area contributed by atoms with Crippen LogP contribution in [0.2, 0.25) is 0 Å². The van der Waals surface area contributed by atoms with Crippen LogP contribution in [0.5, 0.6) is 0 Å². The maximum Gasteiger partial charge on any atom is 0.304 e. The molecule has 0 aliphatic carbocycles. The van der Waals surface area contributed by atoms with E-state index in [1.54, 1.807) is 13.8 Å². The van der Waals surface area contributed by atoms with Crippen molar-refractivity contribution in [2.45, 2.75) is 26.5 Å². The summed E-state index contributed by atoms with van der Waals surface area (Å²) in [4.78, 5) is 20.7. The van der Waals surface area contributed by atoms with Crippen LogP contribution in [0.25, 0.3) is 0 Å². The van der Waals surface area contributed by atoms with Crippen molar-refractivity contribution < 1.29 is 14.5 Å². The summed E-state index contributed by atoms with van der Waals surface area (Å²) in [5.41, 5.74) is -0.637. The lowest BCUT2D eigenvalue weighted by Crippen LogP contribution is -2.23. The van der Waals surface area contributed by atoms with Crippen molar-refractivity contribution in [3.8, 4) is 0 Å². The van der Waals surface area contributed by atoms with E-state index in [0.29, 0.717) is 5.69 Å². The molecule has 1 rings (SSSR count). The average Bonchev–Trinajstić information content (AvgIpc) is 2.25. The van der Waals surface area contributed by atoms with Gasteiger partial charge in [-0.05, 0) is 26.0 Å². The lowest BCUT2D eigenvalue weighted by Gasteiger charge is -2.17. The molecule has 96 valence electrons. The molecule has 0 aliphatic heterocycles. The number of ether oxygens (including phenoxy) is 1. The van der Waals surface area contributed by atoms with Crippen LogP contribution in [0.1, 0.15) is 20.8 Å². The lowest BCUT2D eigenvalue weighted by atomic mass is 10.3. The second kappa shape index (κ2) is 5.35. The average molecular weight is 251 g/mol. The van der Waals surface area contributed by atoms with Gasteiger partial charge in [0.15, 0.2) is 0 Å². The van der Waals surface area contributed by atoms with Crippen LogP contribution < -0.4 is 0 Å². The van der Waals surface area contributed by atoms with E-state index >= 15 is 0 Å². The number of benzene rings is 1. The van der Waals surface area contributed by atoms with Crippen LogP contribution in [-0.4, -0.2) is 16.6 Å². The molecule has 0 unspecified atom stereocenters. The molecule has 0 spiro atoms. The SMILES string of the molecule is CC(=O)OC(C)(C)N=Nc1ccc([N+](=O)[O-])cc1. The fourth-order valence-corrected chi connectivity index (χ4v) is 1.19. The first kappa shape index (κ1) is 13.8. The topological polar surface area (TPSA) is 94.2 Å². The van der Waals surface area contributed by atoms with E-state index in [2.05, 4.69) is 10.2 Å². The van der Waals surface area contributed by atoms with Crippen LogP contribution in [0.3, 0.4) is 0 Å². The first-order valence-electron chi connectivity index (χ1n) is 5.17. The smallest absolute Gasteiger partial charge is 0.304 e. The van der Waals surface area contributed by atoms with Crippen molar-refractivity contribution in [1.82, 2.24) is 0 Å². The number of non-ortho nitro benzene ring substituents is 1. The van der Waals surface area contributed by atoms with Gasteiger partial charge in [-0.1, -0.05) is 0 Å². The molecule has 1 aromatic carbocycles. The Kier molecular flexibility index (Phi) is 4.09. The molecule has 0 saturated heterocycles. The van der Waals surface area contributed by atoms with Crippen LogP contribution in [0, 0.1) is 10.1 Å². The minimum absolute atomic E-state index is 0.0202. The highest BCUT2D eigenvalue weighted by Gasteiger charge is 2.19. The molecule has 0 amide bonds. The highest BCUT2D eigenvalue weighted by molar-refractivity contribution is 5.66. The van der Waals surface area contributed by atoms with Gasteiger partial charge in [0, 0.05) is 19.1 Å². The van der Waals surface area contributed by atoms with Crippen LogP contribution >= 0.6 is 0 Å². The second-order valence-electron chi connectivity index (χ2n) is 4.01. The van der Waals surface area contributed by atoms with Crippen LogP contribution in [0.15, 0.2) is 34.5 Å². The Morgan fingerprint density at radius 2 is 1.89 bits per heavy atom. The number of hydrogen-bond donors (Lipinski definition) is 0. The first-order chi connectivity index (χ1) is 8.30. The monoisotopic (exact) mass is 251 g/mol. The van der Waals surface area contributed by atoms with Gasteiger partial charge in [0.2, 0.25) is 5.72 Å². The molecule has 0 N–H and O–H groups in total. The molecule has 0 radical (unpaired) electrons. The van der Waals surface area contributed by atoms with Crippen molar-refractivity contribution in [3.63, 3.8) is 0 Å². The van der Waals surface area contributed by atoms with Crippen LogP contribution in [0.4, 0.5) is 11.4 Å². The van der Waals surface area contributed by atoms with Crippen molar-refractivity contribution in [1.29, 1.82) is 0 Å². The number of esters is 1. The quantitative estimate of drug-likeness (QED) is 0.355. The Hall–Kier alpha value is -2.31. The molecule has 1 aromatic rings. The predicted molar refractivity (Wildman–Crippen MR) is 63.5 cm³/mol. The molecule has 0 bridgehead atoms. The van der Waals surface area contributed by atoms with Gasteiger partial charge < -0.3 is 4.74 Å². The van der Waals surface area contributed by atoms with E-state index in [4.69, 9.17) is 4.74 Å². The fourth-order valence-electron chi connectivity index (χ4n) is 1.19. The zero-order chi connectivity index (χ0) is 13.8. The maximum atomic E-state index is 10.8. The standard InChI is InChI=1S/C11H13N3O4/c1-8(15)18-11(2,3)13-12-9-4-6-10(7-5-9)14(16)17/h4-7H,1-3H3. The molecule has 0 aromatic heterocycles. The summed E-state index contributed by atoms with van der Waals surface area (Å²) in [6.07, 6.45) is 0. The third-order valence-electron chi connectivity index (χ3n) is 1.86. The van der Waals surface area contributed by atoms with E-state index in [0.717, 1.165) is 0 Å². The van der Waals surface area contributed by atoms with Crippen molar-refractivity contribution in [3.05, 3.63) is 34.4 Å². The number of rotatable bonds is 4. The van der Waals surface area contributed by atoms with Crippen molar-refractivity contribution >= 4 is 17.3 Å². The summed E-state index contributed by atoms with van der Waals surface area (Å²) in [6, 6.07) is 5.58.